The monoisotopic (exact) mass is 269 g/mol. The van der Waals surface area contributed by atoms with Gasteiger partial charge >= 0.3 is 0 Å². The van der Waals surface area contributed by atoms with Gasteiger partial charge in [0.1, 0.15) is 0 Å². The summed E-state index contributed by atoms with van der Waals surface area (Å²) in [6.45, 7) is 6.96. The number of rotatable bonds is 6. The highest BCUT2D eigenvalue weighted by Gasteiger charge is 2.05. The van der Waals surface area contributed by atoms with E-state index >= 15 is 0 Å². The number of hydrogen-bond donors (Lipinski definition) is 1. The molecule has 3 nitrogen and oxygen atoms in total. The van der Waals surface area contributed by atoms with Crippen LogP contribution in [0.2, 0.25) is 0 Å². The van der Waals surface area contributed by atoms with Gasteiger partial charge in [-0.1, -0.05) is 31.2 Å². The molecule has 0 bridgehead atoms. The topological polar surface area (TPSA) is 28.2 Å². The lowest BCUT2D eigenvalue weighted by molar-refractivity contribution is 0.710. The van der Waals surface area contributed by atoms with Gasteiger partial charge < -0.3 is 10.2 Å². The summed E-state index contributed by atoms with van der Waals surface area (Å²) in [6, 6.07) is 12.7. The number of anilines is 1. The maximum absolute atomic E-state index is 4.39. The number of nitrogens with one attached hydrogen (secondary N) is 1. The Morgan fingerprint density at radius 1 is 1.20 bits per heavy atom. The summed E-state index contributed by atoms with van der Waals surface area (Å²) in [6.07, 6.45) is 1.89. The first-order valence-corrected chi connectivity index (χ1v) is 7.12. The van der Waals surface area contributed by atoms with Gasteiger partial charge in [0.05, 0.1) is 5.69 Å². The zero-order valence-corrected chi connectivity index (χ0v) is 12.6. The fraction of sp³-hybridized carbons (Fsp3) is 0.353. The van der Waals surface area contributed by atoms with Crippen molar-refractivity contribution in [1.82, 2.24) is 10.3 Å². The van der Waals surface area contributed by atoms with E-state index in [0.29, 0.717) is 0 Å². The van der Waals surface area contributed by atoms with Gasteiger partial charge in [-0.3, -0.25) is 4.98 Å². The molecular weight excluding hydrogens is 246 g/mol. The highest BCUT2D eigenvalue weighted by molar-refractivity contribution is 5.47. The Morgan fingerprint density at radius 2 is 2.00 bits per heavy atom. The lowest BCUT2D eigenvalue weighted by Gasteiger charge is -2.21. The maximum atomic E-state index is 4.39. The molecule has 106 valence electrons. The maximum Gasteiger partial charge on any atom is 0.0562 e. The zero-order chi connectivity index (χ0) is 14.4. The largest absolute Gasteiger partial charge is 0.370 e. The molecular formula is C17H23N3. The quantitative estimate of drug-likeness (QED) is 0.873. The van der Waals surface area contributed by atoms with Crippen molar-refractivity contribution in [2.75, 3.05) is 18.5 Å². The summed E-state index contributed by atoms with van der Waals surface area (Å²) in [5, 5.41) is 3.31. The van der Waals surface area contributed by atoms with Gasteiger partial charge in [-0.2, -0.15) is 0 Å². The van der Waals surface area contributed by atoms with Crippen LogP contribution in [0, 0.1) is 6.92 Å². The van der Waals surface area contributed by atoms with Crippen LogP contribution in [-0.4, -0.2) is 18.6 Å². The van der Waals surface area contributed by atoms with Crippen LogP contribution >= 0.6 is 0 Å². The lowest BCUT2D eigenvalue weighted by atomic mass is 10.1. The predicted octanol–water partition coefficient (Wildman–Crippen LogP) is 3.14. The molecule has 0 radical (unpaired) electrons. The molecule has 0 amide bonds. The summed E-state index contributed by atoms with van der Waals surface area (Å²) in [4.78, 5) is 6.66. The van der Waals surface area contributed by atoms with Gasteiger partial charge in [-0.15, -0.1) is 0 Å². The molecule has 20 heavy (non-hydrogen) atoms. The minimum atomic E-state index is 0.822. The Kier molecular flexibility index (Phi) is 5.13. The SMILES string of the molecule is CCNCc1cc(N(C)Cc2ccccc2C)ccn1. The fourth-order valence-electron chi connectivity index (χ4n) is 2.19. The van der Waals surface area contributed by atoms with Crippen molar-refractivity contribution >= 4 is 5.69 Å². The number of pyridine rings is 1. The van der Waals surface area contributed by atoms with E-state index < -0.39 is 0 Å². The van der Waals surface area contributed by atoms with Gasteiger partial charge in [0.2, 0.25) is 0 Å². The van der Waals surface area contributed by atoms with E-state index in [-0.39, 0.29) is 0 Å². The normalized spacial score (nSPS) is 10.6. The van der Waals surface area contributed by atoms with Gasteiger partial charge in [0, 0.05) is 32.0 Å². The van der Waals surface area contributed by atoms with Gasteiger partial charge in [0.25, 0.3) is 0 Å². The lowest BCUT2D eigenvalue weighted by Crippen LogP contribution is -2.18. The first kappa shape index (κ1) is 14.5. The van der Waals surface area contributed by atoms with E-state index in [1.54, 1.807) is 0 Å². The van der Waals surface area contributed by atoms with E-state index in [2.05, 4.69) is 72.5 Å². The first-order chi connectivity index (χ1) is 9.70. The van der Waals surface area contributed by atoms with E-state index in [1.807, 2.05) is 6.20 Å². The molecule has 1 heterocycles. The molecule has 1 aromatic heterocycles. The average Bonchev–Trinajstić information content (AvgIpc) is 2.48. The predicted molar refractivity (Wildman–Crippen MR) is 84.9 cm³/mol. The summed E-state index contributed by atoms with van der Waals surface area (Å²) in [5.41, 5.74) is 4.98. The zero-order valence-electron chi connectivity index (χ0n) is 12.6. The van der Waals surface area contributed by atoms with Crippen LogP contribution in [0.15, 0.2) is 42.6 Å². The second kappa shape index (κ2) is 7.06. The average molecular weight is 269 g/mol. The van der Waals surface area contributed by atoms with Crippen LogP contribution in [0.4, 0.5) is 5.69 Å². The molecule has 0 aliphatic rings. The van der Waals surface area contributed by atoms with E-state index in [9.17, 15) is 0 Å². The Balaban J connectivity index is 2.09. The minimum Gasteiger partial charge on any atom is -0.370 e. The third-order valence-corrected chi connectivity index (χ3v) is 3.47. The first-order valence-electron chi connectivity index (χ1n) is 7.12. The van der Waals surface area contributed by atoms with Crippen LogP contribution in [0.25, 0.3) is 0 Å². The molecule has 0 saturated heterocycles. The highest BCUT2D eigenvalue weighted by atomic mass is 15.1. The van der Waals surface area contributed by atoms with Crippen molar-refractivity contribution in [3.8, 4) is 0 Å². The third-order valence-electron chi connectivity index (χ3n) is 3.47. The molecule has 0 unspecified atom stereocenters. The molecule has 0 saturated carbocycles. The van der Waals surface area contributed by atoms with Gasteiger partial charge in [-0.05, 0) is 36.7 Å². The van der Waals surface area contributed by atoms with Crippen LogP contribution < -0.4 is 10.2 Å². The summed E-state index contributed by atoms with van der Waals surface area (Å²) < 4.78 is 0. The minimum absolute atomic E-state index is 0.822. The van der Waals surface area contributed by atoms with Gasteiger partial charge in [0.15, 0.2) is 0 Å². The number of aryl methyl sites for hydroxylation is 1. The van der Waals surface area contributed by atoms with Crippen LogP contribution in [0.5, 0.6) is 0 Å². The second-order valence-electron chi connectivity index (χ2n) is 5.07. The number of aromatic nitrogens is 1. The van der Waals surface area contributed by atoms with Crippen LogP contribution in [-0.2, 0) is 13.1 Å². The standard InChI is InChI=1S/C17H23N3/c1-4-18-12-16-11-17(9-10-19-16)20(3)13-15-8-6-5-7-14(15)2/h5-11,18H,4,12-13H2,1-3H3. The van der Waals surface area contributed by atoms with Crippen molar-refractivity contribution in [3.05, 3.63) is 59.4 Å². The summed E-state index contributed by atoms with van der Waals surface area (Å²) >= 11 is 0. The number of hydrogen-bond acceptors (Lipinski definition) is 3. The molecule has 3 heteroatoms. The molecule has 0 atom stereocenters. The number of nitrogens with zero attached hydrogens (tertiary/aromatic N) is 2. The van der Waals surface area contributed by atoms with Crippen molar-refractivity contribution in [2.45, 2.75) is 26.9 Å². The van der Waals surface area contributed by atoms with Crippen molar-refractivity contribution in [1.29, 1.82) is 0 Å². The Hall–Kier alpha value is -1.87. The van der Waals surface area contributed by atoms with E-state index in [4.69, 9.17) is 0 Å². The van der Waals surface area contributed by atoms with Crippen molar-refractivity contribution in [3.63, 3.8) is 0 Å². The third kappa shape index (κ3) is 3.81. The Bertz CT molecular complexity index is 551. The summed E-state index contributed by atoms with van der Waals surface area (Å²) in [7, 11) is 2.12. The molecule has 0 aliphatic carbocycles. The van der Waals surface area contributed by atoms with Crippen LogP contribution in [0.1, 0.15) is 23.7 Å². The van der Waals surface area contributed by atoms with E-state index in [0.717, 1.165) is 25.3 Å². The Labute approximate surface area is 121 Å². The fourth-order valence-corrected chi connectivity index (χ4v) is 2.19. The molecule has 2 rings (SSSR count). The van der Waals surface area contributed by atoms with Gasteiger partial charge in [-0.25, -0.2) is 0 Å². The second-order valence-corrected chi connectivity index (χ2v) is 5.07. The van der Waals surface area contributed by atoms with E-state index in [1.165, 1.54) is 16.8 Å². The van der Waals surface area contributed by atoms with Crippen molar-refractivity contribution < 1.29 is 0 Å². The molecule has 1 N–H and O–H groups in total. The molecule has 0 fully saturated rings. The highest BCUT2D eigenvalue weighted by Crippen LogP contribution is 2.17. The molecule has 1 aromatic carbocycles. The summed E-state index contributed by atoms with van der Waals surface area (Å²) in [5.74, 6) is 0. The smallest absolute Gasteiger partial charge is 0.0562 e. The molecule has 0 aliphatic heterocycles. The van der Waals surface area contributed by atoms with Crippen molar-refractivity contribution in [2.24, 2.45) is 0 Å². The Morgan fingerprint density at radius 3 is 2.75 bits per heavy atom. The molecule has 2 aromatic rings. The number of benzene rings is 1. The molecule has 0 spiro atoms. The van der Waals surface area contributed by atoms with Crippen LogP contribution in [0.3, 0.4) is 0 Å².